The van der Waals surface area contributed by atoms with Crippen molar-refractivity contribution in [3.63, 3.8) is 0 Å². The van der Waals surface area contributed by atoms with Crippen LogP contribution in [0, 0.1) is 11.7 Å². The number of hydrogen-bond donors (Lipinski definition) is 2. The zero-order valence-corrected chi connectivity index (χ0v) is 14.5. The molecule has 2 unspecified atom stereocenters. The SMILES string of the molecule is CC(C(=O)NCCc1cc(Br)ccc1F)C(N)c1ccccc1. The van der Waals surface area contributed by atoms with Crippen LogP contribution in [0.2, 0.25) is 0 Å². The number of carbonyl (C=O) groups is 1. The van der Waals surface area contributed by atoms with E-state index in [0.29, 0.717) is 18.5 Å². The molecule has 3 nitrogen and oxygen atoms in total. The molecule has 0 fully saturated rings. The maximum absolute atomic E-state index is 13.6. The standard InChI is InChI=1S/C18H20BrFN2O/c1-12(17(21)13-5-3-2-4-6-13)18(23)22-10-9-14-11-15(19)7-8-16(14)20/h2-8,11-12,17H,9-10,21H2,1H3,(H,22,23). The Hall–Kier alpha value is -1.72. The first kappa shape index (κ1) is 17.6. The average Bonchev–Trinajstić information content (AvgIpc) is 2.57. The van der Waals surface area contributed by atoms with E-state index in [1.807, 2.05) is 30.3 Å². The molecular weight excluding hydrogens is 359 g/mol. The summed E-state index contributed by atoms with van der Waals surface area (Å²) in [7, 11) is 0. The van der Waals surface area contributed by atoms with Crippen molar-refractivity contribution >= 4 is 21.8 Å². The molecule has 2 rings (SSSR count). The highest BCUT2D eigenvalue weighted by Gasteiger charge is 2.21. The molecule has 3 N–H and O–H groups in total. The maximum atomic E-state index is 13.6. The largest absolute Gasteiger partial charge is 0.355 e. The molecular formula is C18H20BrFN2O. The molecule has 0 radical (unpaired) electrons. The molecule has 2 atom stereocenters. The summed E-state index contributed by atoms with van der Waals surface area (Å²) in [5.74, 6) is -0.752. The van der Waals surface area contributed by atoms with Gasteiger partial charge in [0.1, 0.15) is 5.82 Å². The van der Waals surface area contributed by atoms with E-state index in [9.17, 15) is 9.18 Å². The second-order valence-corrected chi connectivity index (χ2v) is 6.42. The van der Waals surface area contributed by atoms with Crippen LogP contribution in [0.15, 0.2) is 53.0 Å². The van der Waals surface area contributed by atoms with Crippen molar-refractivity contribution in [2.24, 2.45) is 11.7 Å². The Balaban J connectivity index is 1.88. The van der Waals surface area contributed by atoms with E-state index in [1.165, 1.54) is 6.07 Å². The topological polar surface area (TPSA) is 55.1 Å². The van der Waals surface area contributed by atoms with E-state index < -0.39 is 0 Å². The normalized spacial score (nSPS) is 13.4. The molecule has 0 bridgehead atoms. The lowest BCUT2D eigenvalue weighted by molar-refractivity contribution is -0.125. The van der Waals surface area contributed by atoms with Gasteiger partial charge in [-0.05, 0) is 35.7 Å². The Labute approximate surface area is 144 Å². The number of halogens is 2. The Morgan fingerprint density at radius 3 is 2.65 bits per heavy atom. The van der Waals surface area contributed by atoms with Gasteiger partial charge < -0.3 is 11.1 Å². The molecule has 0 saturated carbocycles. The average molecular weight is 379 g/mol. The van der Waals surface area contributed by atoms with E-state index in [4.69, 9.17) is 5.73 Å². The molecule has 0 aliphatic rings. The number of hydrogen-bond acceptors (Lipinski definition) is 2. The van der Waals surface area contributed by atoms with Crippen molar-refractivity contribution in [2.45, 2.75) is 19.4 Å². The molecule has 23 heavy (non-hydrogen) atoms. The minimum atomic E-state index is -0.362. The molecule has 5 heteroatoms. The van der Waals surface area contributed by atoms with Gasteiger partial charge in [-0.3, -0.25) is 4.79 Å². The third-order valence-electron chi connectivity index (χ3n) is 3.84. The van der Waals surface area contributed by atoms with Gasteiger partial charge in [-0.15, -0.1) is 0 Å². The number of nitrogens with one attached hydrogen (secondary N) is 1. The molecule has 0 aliphatic heterocycles. The molecule has 0 spiro atoms. The number of amides is 1. The molecule has 0 saturated heterocycles. The monoisotopic (exact) mass is 378 g/mol. The minimum Gasteiger partial charge on any atom is -0.355 e. The van der Waals surface area contributed by atoms with Crippen molar-refractivity contribution in [2.75, 3.05) is 6.54 Å². The lowest BCUT2D eigenvalue weighted by atomic mass is 9.94. The van der Waals surface area contributed by atoms with E-state index in [2.05, 4.69) is 21.2 Å². The second-order valence-electron chi connectivity index (χ2n) is 5.50. The summed E-state index contributed by atoms with van der Waals surface area (Å²) in [6.45, 7) is 2.17. The van der Waals surface area contributed by atoms with Crippen LogP contribution in [0.25, 0.3) is 0 Å². The quantitative estimate of drug-likeness (QED) is 0.806. The molecule has 1 amide bonds. The van der Waals surface area contributed by atoms with E-state index in [1.54, 1.807) is 19.1 Å². The Kier molecular flexibility index (Phi) is 6.30. The van der Waals surface area contributed by atoms with Crippen LogP contribution in [0.4, 0.5) is 4.39 Å². The van der Waals surface area contributed by atoms with Gasteiger partial charge in [-0.1, -0.05) is 53.2 Å². The van der Waals surface area contributed by atoms with Gasteiger partial charge in [0.25, 0.3) is 0 Å². The van der Waals surface area contributed by atoms with Crippen LogP contribution >= 0.6 is 15.9 Å². The zero-order valence-electron chi connectivity index (χ0n) is 12.9. The highest BCUT2D eigenvalue weighted by atomic mass is 79.9. The van der Waals surface area contributed by atoms with Gasteiger partial charge in [0, 0.05) is 17.1 Å². The summed E-state index contributed by atoms with van der Waals surface area (Å²) in [6, 6.07) is 13.9. The van der Waals surface area contributed by atoms with Crippen molar-refractivity contribution in [3.05, 3.63) is 69.9 Å². The number of rotatable bonds is 6. The van der Waals surface area contributed by atoms with Crippen molar-refractivity contribution in [3.8, 4) is 0 Å². The lowest BCUT2D eigenvalue weighted by Crippen LogP contribution is -2.36. The van der Waals surface area contributed by atoms with Crippen molar-refractivity contribution in [1.29, 1.82) is 0 Å². The van der Waals surface area contributed by atoms with Gasteiger partial charge in [-0.2, -0.15) is 0 Å². The predicted molar refractivity (Wildman–Crippen MR) is 93.3 cm³/mol. The molecule has 0 heterocycles. The zero-order chi connectivity index (χ0) is 16.8. The fourth-order valence-corrected chi connectivity index (χ4v) is 2.75. The summed E-state index contributed by atoms with van der Waals surface area (Å²) >= 11 is 3.31. The lowest BCUT2D eigenvalue weighted by Gasteiger charge is -2.20. The third kappa shape index (κ3) is 4.88. The van der Waals surface area contributed by atoms with Gasteiger partial charge in [-0.25, -0.2) is 4.39 Å². The first-order valence-corrected chi connectivity index (χ1v) is 8.30. The molecule has 0 aromatic heterocycles. The first-order valence-electron chi connectivity index (χ1n) is 7.51. The van der Waals surface area contributed by atoms with Crippen LogP contribution in [0.5, 0.6) is 0 Å². The second kappa shape index (κ2) is 8.22. The Bertz CT molecular complexity index is 663. The summed E-state index contributed by atoms with van der Waals surface area (Å²) in [4.78, 5) is 12.2. The van der Waals surface area contributed by atoms with Crippen LogP contribution < -0.4 is 11.1 Å². The van der Waals surface area contributed by atoms with Crippen LogP contribution in [0.3, 0.4) is 0 Å². The third-order valence-corrected chi connectivity index (χ3v) is 4.33. The van der Waals surface area contributed by atoms with Gasteiger partial charge >= 0.3 is 0 Å². The van der Waals surface area contributed by atoms with E-state index in [-0.39, 0.29) is 23.7 Å². The number of nitrogens with two attached hydrogens (primary N) is 1. The van der Waals surface area contributed by atoms with Gasteiger partial charge in [0.15, 0.2) is 0 Å². The maximum Gasteiger partial charge on any atom is 0.224 e. The van der Waals surface area contributed by atoms with E-state index >= 15 is 0 Å². The molecule has 2 aromatic carbocycles. The summed E-state index contributed by atoms with van der Waals surface area (Å²) in [5, 5.41) is 2.83. The van der Waals surface area contributed by atoms with Crippen LogP contribution in [-0.4, -0.2) is 12.5 Å². The van der Waals surface area contributed by atoms with Crippen molar-refractivity contribution in [1.82, 2.24) is 5.32 Å². The van der Waals surface area contributed by atoms with Crippen molar-refractivity contribution < 1.29 is 9.18 Å². The highest BCUT2D eigenvalue weighted by Crippen LogP contribution is 2.19. The summed E-state index contributed by atoms with van der Waals surface area (Å²) < 4.78 is 14.5. The molecule has 0 aliphatic carbocycles. The first-order chi connectivity index (χ1) is 11.0. The smallest absolute Gasteiger partial charge is 0.224 e. The van der Waals surface area contributed by atoms with Crippen LogP contribution in [-0.2, 0) is 11.2 Å². The molecule has 2 aromatic rings. The number of benzene rings is 2. The fourth-order valence-electron chi connectivity index (χ4n) is 2.34. The number of carbonyl (C=O) groups excluding carboxylic acids is 1. The van der Waals surface area contributed by atoms with Gasteiger partial charge in [0.2, 0.25) is 5.91 Å². The van der Waals surface area contributed by atoms with Crippen LogP contribution in [0.1, 0.15) is 24.1 Å². The minimum absolute atomic E-state index is 0.128. The Morgan fingerprint density at radius 2 is 1.96 bits per heavy atom. The highest BCUT2D eigenvalue weighted by molar-refractivity contribution is 9.10. The predicted octanol–water partition coefficient (Wildman–Crippen LogP) is 3.58. The molecule has 122 valence electrons. The van der Waals surface area contributed by atoms with E-state index in [0.717, 1.165) is 10.0 Å². The summed E-state index contributed by atoms with van der Waals surface area (Å²) in [6.07, 6.45) is 0.435. The summed E-state index contributed by atoms with van der Waals surface area (Å²) in [5.41, 5.74) is 7.63. The van der Waals surface area contributed by atoms with Gasteiger partial charge in [0.05, 0.1) is 5.92 Å². The Morgan fingerprint density at radius 1 is 1.26 bits per heavy atom. The fraction of sp³-hybridized carbons (Fsp3) is 0.278.